The van der Waals surface area contributed by atoms with Crippen LogP contribution in [0, 0.1) is 11.3 Å². The van der Waals surface area contributed by atoms with Gasteiger partial charge in [-0.15, -0.1) is 0 Å². The van der Waals surface area contributed by atoms with Crippen LogP contribution in [0.25, 0.3) is 0 Å². The summed E-state index contributed by atoms with van der Waals surface area (Å²) in [5, 5.41) is 19.5. The topological polar surface area (TPSA) is 146 Å². The van der Waals surface area contributed by atoms with E-state index in [1.165, 1.54) is 5.56 Å². The second-order valence-corrected chi connectivity index (χ2v) is 7.77. The molecule has 3 rings (SSSR count). The molecule has 1 aliphatic rings. The number of nitrogens with one attached hydrogen (secondary N) is 2. The number of piperazine rings is 1. The fourth-order valence-corrected chi connectivity index (χ4v) is 3.74. The quantitative estimate of drug-likeness (QED) is 0.198. The zero-order valence-corrected chi connectivity index (χ0v) is 18.2. The molecule has 9 heteroatoms. The normalized spacial score (nSPS) is 14.3. The molecule has 1 aromatic heterocycles. The molecule has 1 saturated heterocycles. The highest BCUT2D eigenvalue weighted by atomic mass is 15.3. The van der Waals surface area contributed by atoms with Gasteiger partial charge in [-0.1, -0.05) is 13.8 Å². The largest absolute Gasteiger partial charge is 0.388 e. The number of nitrogen functional groups attached to an aromatic ring is 1. The smallest absolute Gasteiger partial charge is 0.124 e. The predicted octanol–water partition coefficient (Wildman–Crippen LogP) is 1.63. The molecule has 0 bridgehead atoms. The average Bonchev–Trinajstić information content (AvgIpc) is 2.75. The van der Waals surface area contributed by atoms with Gasteiger partial charge < -0.3 is 16.0 Å². The third-order valence-electron chi connectivity index (χ3n) is 5.14. The second-order valence-electron chi connectivity index (χ2n) is 7.77. The third-order valence-corrected chi connectivity index (χ3v) is 5.14. The first-order valence-corrected chi connectivity index (χ1v) is 10.2. The van der Waals surface area contributed by atoms with Crippen molar-refractivity contribution in [2.75, 3.05) is 43.4 Å². The van der Waals surface area contributed by atoms with Crippen LogP contribution in [0.1, 0.15) is 33.5 Å². The van der Waals surface area contributed by atoms with Gasteiger partial charge in [0, 0.05) is 65.8 Å². The fraction of sp³-hybridized carbons (Fsp3) is 0.476. The lowest BCUT2D eigenvalue weighted by Gasteiger charge is -2.37. The lowest BCUT2D eigenvalue weighted by molar-refractivity contribution is 0.246. The number of aromatic nitrogens is 2. The van der Waals surface area contributed by atoms with E-state index in [0.29, 0.717) is 5.92 Å². The Morgan fingerprint density at radius 2 is 1.93 bits per heavy atom. The lowest BCUT2D eigenvalue weighted by Crippen LogP contribution is -2.46. The molecule has 0 unspecified atom stereocenters. The molecule has 0 aliphatic carbocycles. The van der Waals surface area contributed by atoms with Crippen molar-refractivity contribution in [2.45, 2.75) is 26.8 Å². The number of hydrogen-bond donors (Lipinski definition) is 5. The molecule has 8 N–H and O–H groups in total. The molecule has 30 heavy (non-hydrogen) atoms. The number of nitrogens with zero attached hydrogens (tertiary/aromatic N) is 4. The van der Waals surface area contributed by atoms with Gasteiger partial charge in [0.15, 0.2) is 0 Å². The summed E-state index contributed by atoms with van der Waals surface area (Å²) in [6.07, 6.45) is 2.70. The van der Waals surface area contributed by atoms with Crippen LogP contribution in [0.2, 0.25) is 0 Å². The number of hydrogen-bond acceptors (Lipinski definition) is 8. The zero-order valence-electron chi connectivity index (χ0n) is 18.2. The highest BCUT2D eigenvalue weighted by Gasteiger charge is 2.22. The fourth-order valence-electron chi connectivity index (χ4n) is 3.74. The predicted molar refractivity (Wildman–Crippen MR) is 128 cm³/mol. The monoisotopic (exact) mass is 417 g/mol. The van der Waals surface area contributed by atoms with Crippen LogP contribution in [0.3, 0.4) is 0 Å². The van der Waals surface area contributed by atoms with Crippen molar-refractivity contribution in [1.82, 2.24) is 15.1 Å². The minimum Gasteiger partial charge on any atom is -0.388 e. The summed E-state index contributed by atoms with van der Waals surface area (Å²) in [5.74, 6) is 8.68. The molecule has 1 aliphatic heterocycles. The van der Waals surface area contributed by atoms with E-state index >= 15 is 0 Å². The van der Waals surface area contributed by atoms with Crippen molar-refractivity contribution in [1.29, 1.82) is 5.41 Å². The molecule has 9 nitrogen and oxygen atoms in total. The van der Waals surface area contributed by atoms with Crippen LogP contribution in [-0.2, 0) is 13.0 Å². The van der Waals surface area contributed by atoms with Gasteiger partial charge in [-0.3, -0.25) is 22.0 Å². The number of hydrazine groups is 1. The Hall–Kier alpha value is -2.75. The lowest BCUT2D eigenvalue weighted by atomic mass is 9.97. The van der Waals surface area contributed by atoms with Crippen LogP contribution in [0.15, 0.2) is 30.5 Å². The number of anilines is 2. The molecule has 0 radical (unpaired) electrons. The SMILES string of the molecule is CNc1cc(C(=N)N)c(N2CCN(Cc3cccnn3)CC2)cc1CC(C)C.NN.[HH].[HH]. The van der Waals surface area contributed by atoms with Gasteiger partial charge in [0.05, 0.1) is 5.69 Å². The molecule has 0 spiro atoms. The first-order valence-electron chi connectivity index (χ1n) is 10.2. The summed E-state index contributed by atoms with van der Waals surface area (Å²) in [6, 6.07) is 8.20. The molecule has 0 saturated carbocycles. The van der Waals surface area contributed by atoms with Crippen molar-refractivity contribution >= 4 is 17.2 Å². The van der Waals surface area contributed by atoms with Crippen LogP contribution in [0.5, 0.6) is 0 Å². The van der Waals surface area contributed by atoms with Crippen LogP contribution >= 0.6 is 0 Å². The van der Waals surface area contributed by atoms with Gasteiger partial charge in [0.2, 0.25) is 0 Å². The number of benzene rings is 1. The highest BCUT2D eigenvalue weighted by molar-refractivity contribution is 6.01. The van der Waals surface area contributed by atoms with Crippen LogP contribution in [0.4, 0.5) is 11.4 Å². The van der Waals surface area contributed by atoms with E-state index in [1.54, 1.807) is 6.20 Å². The minimum absolute atomic E-state index is 0. The molecular formula is C21H39N9. The Kier molecular flexibility index (Phi) is 8.97. The van der Waals surface area contributed by atoms with Crippen molar-refractivity contribution in [3.8, 4) is 0 Å². The summed E-state index contributed by atoms with van der Waals surface area (Å²) in [6.45, 7) is 8.97. The van der Waals surface area contributed by atoms with E-state index in [1.807, 2.05) is 25.2 Å². The van der Waals surface area contributed by atoms with Crippen LogP contribution < -0.4 is 27.6 Å². The van der Waals surface area contributed by atoms with Crippen molar-refractivity contribution in [2.24, 2.45) is 23.3 Å². The van der Waals surface area contributed by atoms with E-state index in [-0.39, 0.29) is 8.69 Å². The Balaban J connectivity index is 0.00000234. The number of rotatable bonds is 7. The summed E-state index contributed by atoms with van der Waals surface area (Å²) >= 11 is 0. The summed E-state index contributed by atoms with van der Waals surface area (Å²) < 4.78 is 0. The molecule has 0 atom stereocenters. The molecule has 2 heterocycles. The van der Waals surface area contributed by atoms with Gasteiger partial charge in [-0.05, 0) is 42.2 Å². The van der Waals surface area contributed by atoms with Gasteiger partial charge in [-0.25, -0.2) is 0 Å². The second kappa shape index (κ2) is 11.4. The van der Waals surface area contributed by atoms with Crippen molar-refractivity contribution in [3.63, 3.8) is 0 Å². The zero-order chi connectivity index (χ0) is 22.1. The van der Waals surface area contributed by atoms with Crippen molar-refractivity contribution < 1.29 is 2.85 Å². The summed E-state index contributed by atoms with van der Waals surface area (Å²) in [5.41, 5.74) is 11.1. The maximum Gasteiger partial charge on any atom is 0.124 e. The Bertz CT molecular complexity index is 810. The Morgan fingerprint density at radius 3 is 2.47 bits per heavy atom. The van der Waals surface area contributed by atoms with E-state index < -0.39 is 0 Å². The first kappa shape index (κ1) is 23.5. The van der Waals surface area contributed by atoms with Crippen molar-refractivity contribution in [3.05, 3.63) is 47.3 Å². The first-order chi connectivity index (χ1) is 14.5. The summed E-state index contributed by atoms with van der Waals surface area (Å²) in [4.78, 5) is 4.75. The Labute approximate surface area is 182 Å². The molecular weight excluding hydrogens is 378 g/mol. The van der Waals surface area contributed by atoms with Gasteiger partial charge in [0.25, 0.3) is 0 Å². The van der Waals surface area contributed by atoms with E-state index in [4.69, 9.17) is 11.1 Å². The molecule has 2 aromatic rings. The molecule has 1 aromatic carbocycles. The number of amidine groups is 1. The number of nitrogens with two attached hydrogens (primary N) is 3. The summed E-state index contributed by atoms with van der Waals surface area (Å²) in [7, 11) is 1.92. The highest BCUT2D eigenvalue weighted by Crippen LogP contribution is 2.30. The van der Waals surface area contributed by atoms with Gasteiger partial charge >= 0.3 is 0 Å². The van der Waals surface area contributed by atoms with E-state index in [0.717, 1.165) is 61.8 Å². The van der Waals surface area contributed by atoms with Gasteiger partial charge in [-0.2, -0.15) is 10.2 Å². The average molecular weight is 418 g/mol. The third kappa shape index (κ3) is 6.12. The van der Waals surface area contributed by atoms with E-state index in [9.17, 15) is 0 Å². The standard InChI is InChI=1S/C21H31N7.H4N2.2H2/c1-15(2)11-16-12-20(18(21(22)23)13-19(16)24-3)28-9-7-27(8-10-28)14-17-5-4-6-25-26-17;1-2;;/h4-6,12-13,15,24H,7-11,14H2,1-3H3,(H3,22,23);1-2H2;2*1H. The van der Waals surface area contributed by atoms with E-state index in [2.05, 4.69) is 56.9 Å². The maximum absolute atomic E-state index is 8.06. The van der Waals surface area contributed by atoms with Crippen LogP contribution in [-0.4, -0.2) is 54.2 Å². The van der Waals surface area contributed by atoms with Gasteiger partial charge in [0.1, 0.15) is 5.84 Å². The maximum atomic E-state index is 8.06. The minimum atomic E-state index is 0. The molecule has 0 amide bonds. The molecule has 168 valence electrons. The Morgan fingerprint density at radius 1 is 1.23 bits per heavy atom. The molecule has 1 fully saturated rings.